The van der Waals surface area contributed by atoms with Crippen LogP contribution in [0.1, 0.15) is 0 Å². The molecule has 3 heterocycles. The molecule has 6 nitrogen and oxygen atoms in total. The topological polar surface area (TPSA) is 75.5 Å². The second kappa shape index (κ2) is 6.49. The maximum atomic E-state index is 12.5. The molecule has 2 aliphatic heterocycles. The van der Waals surface area contributed by atoms with Crippen molar-refractivity contribution in [3.05, 3.63) is 78.4 Å². The molecule has 4 rings (SSSR count). The smallest absolute Gasteiger partial charge is 0.124 e. The van der Waals surface area contributed by atoms with E-state index in [9.17, 15) is 4.39 Å². The monoisotopic (exact) mass is 295 g/mol. The van der Waals surface area contributed by atoms with Gasteiger partial charge < -0.3 is 4.52 Å². The Morgan fingerprint density at radius 1 is 0.818 bits per heavy atom. The van der Waals surface area contributed by atoms with Crippen LogP contribution in [0, 0.1) is 5.82 Å². The van der Waals surface area contributed by atoms with Crippen molar-refractivity contribution in [2.24, 2.45) is 20.5 Å². The van der Waals surface area contributed by atoms with Crippen molar-refractivity contribution in [2.45, 2.75) is 0 Å². The summed E-state index contributed by atoms with van der Waals surface area (Å²) in [5, 5.41) is 18.7. The molecule has 0 radical (unpaired) electrons. The van der Waals surface area contributed by atoms with Crippen LogP contribution >= 0.6 is 0 Å². The van der Waals surface area contributed by atoms with Crippen LogP contribution in [0.4, 0.5) is 4.39 Å². The molecule has 2 aromatic rings. The van der Waals surface area contributed by atoms with Crippen molar-refractivity contribution in [2.75, 3.05) is 0 Å². The van der Waals surface area contributed by atoms with Gasteiger partial charge in [-0.3, -0.25) is 0 Å². The van der Waals surface area contributed by atoms with Crippen LogP contribution < -0.4 is 0 Å². The van der Waals surface area contributed by atoms with Gasteiger partial charge in [0.2, 0.25) is 0 Å². The molecule has 1 aromatic heterocycles. The Labute approximate surface area is 125 Å². The lowest BCUT2D eigenvalue weighted by Crippen LogP contribution is -1.77. The molecule has 0 bridgehead atoms. The van der Waals surface area contributed by atoms with Gasteiger partial charge in [-0.1, -0.05) is 5.16 Å². The normalized spacial score (nSPS) is 17.9. The second-order valence-electron chi connectivity index (χ2n) is 4.22. The van der Waals surface area contributed by atoms with Crippen LogP contribution in [0.5, 0.6) is 0 Å². The van der Waals surface area contributed by atoms with Gasteiger partial charge in [-0.25, -0.2) is 4.39 Å². The quantitative estimate of drug-likeness (QED) is 0.768. The summed E-state index contributed by atoms with van der Waals surface area (Å²) >= 11 is 0. The molecule has 2 aliphatic rings. The fourth-order valence-electron chi connectivity index (χ4n) is 1.72. The molecule has 108 valence electrons. The minimum atomic E-state index is -0.248. The third kappa shape index (κ3) is 3.26. The summed E-state index contributed by atoms with van der Waals surface area (Å²) in [4.78, 5) is 0. The van der Waals surface area contributed by atoms with Crippen molar-refractivity contribution in [3.8, 4) is 11.3 Å². The van der Waals surface area contributed by atoms with Crippen molar-refractivity contribution in [3.63, 3.8) is 0 Å². The van der Waals surface area contributed by atoms with E-state index in [0.29, 0.717) is 0 Å². The predicted molar refractivity (Wildman–Crippen MR) is 76.9 cm³/mol. The van der Waals surface area contributed by atoms with Gasteiger partial charge >= 0.3 is 0 Å². The lowest BCUT2D eigenvalue weighted by Gasteiger charge is -1.92. The summed E-state index contributed by atoms with van der Waals surface area (Å²) in [6.07, 6.45) is 8.33. The maximum absolute atomic E-state index is 12.5. The summed E-state index contributed by atoms with van der Waals surface area (Å²) in [5.41, 5.74) is 3.12. The highest BCUT2D eigenvalue weighted by Crippen LogP contribution is 2.19. The van der Waals surface area contributed by atoms with E-state index < -0.39 is 0 Å². The molecule has 7 heteroatoms. The van der Waals surface area contributed by atoms with Crippen LogP contribution in [0.25, 0.3) is 11.3 Å². The summed E-state index contributed by atoms with van der Waals surface area (Å²) in [6.45, 7) is 0. The summed E-state index contributed by atoms with van der Waals surface area (Å²) < 4.78 is 17.1. The summed E-state index contributed by atoms with van der Waals surface area (Å²) in [6, 6.07) is 7.83. The highest BCUT2D eigenvalue weighted by atomic mass is 19.1. The van der Waals surface area contributed by atoms with E-state index in [1.807, 2.05) is 0 Å². The van der Waals surface area contributed by atoms with E-state index in [1.165, 1.54) is 18.4 Å². The van der Waals surface area contributed by atoms with Crippen molar-refractivity contribution < 1.29 is 8.91 Å². The first kappa shape index (κ1) is 13.7. The molecular formula is C15H10FN5O. The molecule has 0 aliphatic carbocycles. The van der Waals surface area contributed by atoms with Gasteiger partial charge in [-0.15, -0.1) is 10.2 Å². The molecule has 0 spiro atoms. The lowest BCUT2D eigenvalue weighted by molar-refractivity contribution is 0.422. The van der Waals surface area contributed by atoms with E-state index in [0.717, 1.165) is 22.7 Å². The number of nitrogens with zero attached hydrogens (tertiary/aromatic N) is 5. The molecule has 0 fully saturated rings. The predicted octanol–water partition coefficient (Wildman–Crippen LogP) is 4.64. The minimum Gasteiger partial charge on any atom is -0.364 e. The van der Waals surface area contributed by atoms with E-state index in [-0.39, 0.29) is 5.82 Å². The van der Waals surface area contributed by atoms with Crippen molar-refractivity contribution in [1.82, 2.24) is 5.16 Å². The third-order valence-electron chi connectivity index (χ3n) is 2.77. The van der Waals surface area contributed by atoms with Gasteiger partial charge in [0.15, 0.2) is 0 Å². The largest absolute Gasteiger partial charge is 0.364 e. The highest BCUT2D eigenvalue weighted by molar-refractivity contribution is 5.57. The first-order valence-electron chi connectivity index (χ1n) is 6.38. The van der Waals surface area contributed by atoms with Gasteiger partial charge in [-0.05, 0) is 36.4 Å². The summed E-state index contributed by atoms with van der Waals surface area (Å²) in [7, 11) is 0. The molecular weight excluding hydrogens is 285 g/mol. The Kier molecular flexibility index (Phi) is 4.05. The van der Waals surface area contributed by atoms with Crippen LogP contribution in [0.15, 0.2) is 97.5 Å². The fourth-order valence-corrected chi connectivity index (χ4v) is 1.72. The Hall–Kier alpha value is -3.22. The number of allylic oxidation sites excluding steroid dienone is 2. The molecule has 0 saturated heterocycles. The zero-order valence-corrected chi connectivity index (χ0v) is 11.3. The maximum Gasteiger partial charge on any atom is 0.124 e. The van der Waals surface area contributed by atoms with Gasteiger partial charge in [0.05, 0.1) is 12.4 Å². The second-order valence-corrected chi connectivity index (χ2v) is 4.22. The zero-order chi connectivity index (χ0) is 15.2. The molecule has 0 saturated carbocycles. The molecule has 0 amide bonds. The number of azo groups is 2. The first-order valence-corrected chi connectivity index (χ1v) is 6.38. The average Bonchev–Trinajstić information content (AvgIpc) is 3.30. The number of hydrogen-bond acceptors (Lipinski definition) is 6. The standard InChI is InChI=1S/C9H6FNO.C6H4N4/c10-8-3-1-7(2-4-8)9-5-6-12-11-9;1-3-7-9-5(1)6-2-4-8-10-6/h1-6H;1-4H. The molecule has 0 N–H and O–H groups in total. The van der Waals surface area contributed by atoms with Crippen LogP contribution in [-0.4, -0.2) is 5.16 Å². The number of aromatic nitrogens is 1. The Morgan fingerprint density at radius 2 is 1.45 bits per heavy atom. The third-order valence-corrected chi connectivity index (χ3v) is 2.77. The summed E-state index contributed by atoms with van der Waals surface area (Å²) in [5.74, 6) is -0.248. The molecule has 0 atom stereocenters. The van der Waals surface area contributed by atoms with Gasteiger partial charge in [-0.2, -0.15) is 10.2 Å². The average molecular weight is 295 g/mol. The van der Waals surface area contributed by atoms with Crippen LogP contribution in [-0.2, 0) is 0 Å². The molecule has 22 heavy (non-hydrogen) atoms. The Bertz CT molecular complexity index is 728. The SMILES string of the molecule is C1=CC(=C2C=CN=N2)N=N1.Fc1ccc(-c2ccon2)cc1. The van der Waals surface area contributed by atoms with Crippen molar-refractivity contribution in [1.29, 1.82) is 0 Å². The number of hydrogen-bond donors (Lipinski definition) is 0. The van der Waals surface area contributed by atoms with Gasteiger partial charge in [0.1, 0.15) is 29.2 Å². The molecule has 1 aromatic carbocycles. The van der Waals surface area contributed by atoms with Crippen LogP contribution in [0.2, 0.25) is 0 Å². The van der Waals surface area contributed by atoms with E-state index in [4.69, 9.17) is 0 Å². The number of benzene rings is 1. The molecule has 0 unspecified atom stereocenters. The fraction of sp³-hybridized carbons (Fsp3) is 0. The lowest BCUT2D eigenvalue weighted by atomic mass is 10.1. The van der Waals surface area contributed by atoms with Crippen LogP contribution in [0.3, 0.4) is 0 Å². The zero-order valence-electron chi connectivity index (χ0n) is 11.3. The number of halogens is 1. The van der Waals surface area contributed by atoms with Gasteiger partial charge in [0.25, 0.3) is 0 Å². The van der Waals surface area contributed by atoms with Crippen molar-refractivity contribution >= 4 is 0 Å². The van der Waals surface area contributed by atoms with E-state index in [1.54, 1.807) is 42.8 Å². The van der Waals surface area contributed by atoms with E-state index >= 15 is 0 Å². The number of rotatable bonds is 1. The van der Waals surface area contributed by atoms with E-state index in [2.05, 4.69) is 30.1 Å². The van der Waals surface area contributed by atoms with Gasteiger partial charge in [0, 0.05) is 11.6 Å². The first-order chi connectivity index (χ1) is 10.8. The highest BCUT2D eigenvalue weighted by Gasteiger charge is 2.04. The Morgan fingerprint density at radius 3 is 1.91 bits per heavy atom. The minimum absolute atomic E-state index is 0.248. The Balaban J connectivity index is 0.000000133.